The van der Waals surface area contributed by atoms with Crippen LogP contribution in [0.1, 0.15) is 0 Å². The lowest BCUT2D eigenvalue weighted by atomic mass is 10.1. The zero-order valence-corrected chi connectivity index (χ0v) is 9.71. The van der Waals surface area contributed by atoms with Gasteiger partial charge in [0, 0.05) is 21.9 Å². The highest BCUT2D eigenvalue weighted by Gasteiger charge is 2.08. The molecule has 0 aliphatic rings. The Hall–Kier alpha value is -1.62. The van der Waals surface area contributed by atoms with E-state index >= 15 is 0 Å². The van der Waals surface area contributed by atoms with Crippen molar-refractivity contribution in [3.05, 3.63) is 51.1 Å². The molecule has 0 bridgehead atoms. The minimum Gasteiger partial charge on any atom is -0.398 e. The van der Waals surface area contributed by atoms with E-state index in [4.69, 9.17) is 5.73 Å². The third-order valence-electron chi connectivity index (χ3n) is 2.17. The van der Waals surface area contributed by atoms with E-state index in [1.165, 1.54) is 24.4 Å². The normalized spacial score (nSPS) is 10.4. The number of nitrogens with one attached hydrogen (secondary N) is 1. The predicted octanol–water partition coefficient (Wildman–Crippen LogP) is 2.53. The first-order valence-corrected chi connectivity index (χ1v) is 5.31. The average molecular weight is 283 g/mol. The van der Waals surface area contributed by atoms with Gasteiger partial charge in [0.05, 0.1) is 5.56 Å². The van der Waals surface area contributed by atoms with Gasteiger partial charge < -0.3 is 10.7 Å². The molecule has 1 aromatic heterocycles. The Bertz CT molecular complexity index is 595. The number of aromatic amines is 1. The maximum atomic E-state index is 13.1. The summed E-state index contributed by atoms with van der Waals surface area (Å²) < 4.78 is 13.8. The fraction of sp³-hybridized carbons (Fsp3) is 0. The lowest BCUT2D eigenvalue weighted by Crippen LogP contribution is -2.09. The standard InChI is InChI=1S/C11H8BrFN2O/c12-6-3-9(11(16)15-5-6)8-4-7(13)1-2-10(8)14/h1-5H,14H2,(H,15,16). The summed E-state index contributed by atoms with van der Waals surface area (Å²) in [4.78, 5) is 14.1. The van der Waals surface area contributed by atoms with E-state index in [9.17, 15) is 9.18 Å². The van der Waals surface area contributed by atoms with Gasteiger partial charge in [-0.1, -0.05) is 0 Å². The van der Waals surface area contributed by atoms with Gasteiger partial charge in [0.2, 0.25) is 0 Å². The molecule has 0 radical (unpaired) electrons. The number of nitrogen functional groups attached to an aromatic ring is 1. The average Bonchev–Trinajstić information content (AvgIpc) is 2.25. The quantitative estimate of drug-likeness (QED) is 0.790. The van der Waals surface area contributed by atoms with Crippen LogP contribution in [0.2, 0.25) is 0 Å². The third-order valence-corrected chi connectivity index (χ3v) is 2.63. The second kappa shape index (κ2) is 4.09. The monoisotopic (exact) mass is 282 g/mol. The molecule has 0 saturated heterocycles. The maximum absolute atomic E-state index is 13.1. The van der Waals surface area contributed by atoms with E-state index in [1.807, 2.05) is 0 Å². The molecule has 2 aromatic rings. The molecule has 0 saturated carbocycles. The van der Waals surface area contributed by atoms with Crippen LogP contribution < -0.4 is 11.3 Å². The highest BCUT2D eigenvalue weighted by molar-refractivity contribution is 9.10. The van der Waals surface area contributed by atoms with Gasteiger partial charge >= 0.3 is 0 Å². The molecule has 3 nitrogen and oxygen atoms in total. The summed E-state index contributed by atoms with van der Waals surface area (Å²) in [7, 11) is 0. The summed E-state index contributed by atoms with van der Waals surface area (Å²) >= 11 is 3.23. The van der Waals surface area contributed by atoms with Crippen molar-refractivity contribution in [1.29, 1.82) is 0 Å². The molecule has 1 heterocycles. The van der Waals surface area contributed by atoms with E-state index < -0.39 is 5.82 Å². The molecule has 0 amide bonds. The summed E-state index contributed by atoms with van der Waals surface area (Å²) in [6.45, 7) is 0. The van der Waals surface area contributed by atoms with E-state index in [-0.39, 0.29) is 5.56 Å². The minimum absolute atomic E-state index is 0.305. The molecule has 5 heteroatoms. The van der Waals surface area contributed by atoms with Crippen LogP contribution in [-0.4, -0.2) is 4.98 Å². The van der Waals surface area contributed by atoms with Gasteiger partial charge in [0.25, 0.3) is 5.56 Å². The summed E-state index contributed by atoms with van der Waals surface area (Å²) in [5.74, 6) is -0.427. The SMILES string of the molecule is Nc1ccc(F)cc1-c1cc(Br)c[nH]c1=O. The van der Waals surface area contributed by atoms with Gasteiger partial charge in [0.15, 0.2) is 0 Å². The van der Waals surface area contributed by atoms with Gasteiger partial charge in [-0.15, -0.1) is 0 Å². The zero-order valence-electron chi connectivity index (χ0n) is 8.13. The largest absolute Gasteiger partial charge is 0.398 e. The second-order valence-electron chi connectivity index (χ2n) is 3.29. The number of hydrogen-bond donors (Lipinski definition) is 2. The fourth-order valence-corrected chi connectivity index (χ4v) is 1.76. The topological polar surface area (TPSA) is 58.9 Å². The molecule has 0 spiro atoms. The number of H-pyrrole nitrogens is 1. The number of rotatable bonds is 1. The van der Waals surface area contributed by atoms with E-state index in [0.29, 0.717) is 21.3 Å². The summed E-state index contributed by atoms with van der Waals surface area (Å²) in [5, 5.41) is 0. The Labute approximate surface area is 99.2 Å². The van der Waals surface area contributed by atoms with Crippen molar-refractivity contribution in [3.8, 4) is 11.1 Å². The Morgan fingerprint density at radius 2 is 2.00 bits per heavy atom. The summed E-state index contributed by atoms with van der Waals surface area (Å²) in [6.07, 6.45) is 1.52. The second-order valence-corrected chi connectivity index (χ2v) is 4.21. The van der Waals surface area contributed by atoms with Gasteiger partial charge in [-0.05, 0) is 40.2 Å². The van der Waals surface area contributed by atoms with E-state index in [1.54, 1.807) is 6.07 Å². The predicted molar refractivity (Wildman–Crippen MR) is 64.6 cm³/mol. The Morgan fingerprint density at radius 1 is 1.25 bits per heavy atom. The van der Waals surface area contributed by atoms with E-state index in [0.717, 1.165) is 0 Å². The van der Waals surface area contributed by atoms with Crippen LogP contribution in [-0.2, 0) is 0 Å². The molecule has 0 unspecified atom stereocenters. The van der Waals surface area contributed by atoms with Gasteiger partial charge in [-0.3, -0.25) is 4.79 Å². The third kappa shape index (κ3) is 1.99. The minimum atomic E-state index is -0.427. The van der Waals surface area contributed by atoms with Crippen molar-refractivity contribution in [2.75, 3.05) is 5.73 Å². The van der Waals surface area contributed by atoms with Crippen LogP contribution in [0.5, 0.6) is 0 Å². The molecule has 16 heavy (non-hydrogen) atoms. The van der Waals surface area contributed by atoms with Crippen LogP contribution in [0.15, 0.2) is 39.7 Å². The van der Waals surface area contributed by atoms with Crippen LogP contribution >= 0.6 is 15.9 Å². The molecule has 82 valence electrons. The van der Waals surface area contributed by atoms with Crippen molar-refractivity contribution in [2.24, 2.45) is 0 Å². The first-order valence-electron chi connectivity index (χ1n) is 4.51. The molecule has 0 aliphatic carbocycles. The van der Waals surface area contributed by atoms with Crippen molar-refractivity contribution in [3.63, 3.8) is 0 Å². The van der Waals surface area contributed by atoms with Crippen LogP contribution in [0.25, 0.3) is 11.1 Å². The molecule has 1 aromatic carbocycles. The van der Waals surface area contributed by atoms with Gasteiger partial charge in [-0.2, -0.15) is 0 Å². The first kappa shape index (κ1) is 10.9. The number of nitrogens with two attached hydrogens (primary N) is 1. The first-order chi connectivity index (χ1) is 7.58. The molecule has 0 atom stereocenters. The summed E-state index contributed by atoms with van der Waals surface area (Å²) in [5.41, 5.74) is 6.50. The number of pyridine rings is 1. The summed E-state index contributed by atoms with van der Waals surface area (Å²) in [6, 6.07) is 5.53. The molecule has 0 fully saturated rings. The fourth-order valence-electron chi connectivity index (χ4n) is 1.42. The molecular weight excluding hydrogens is 275 g/mol. The Kier molecular flexibility index (Phi) is 2.78. The highest BCUT2D eigenvalue weighted by atomic mass is 79.9. The number of benzene rings is 1. The number of anilines is 1. The maximum Gasteiger partial charge on any atom is 0.255 e. The van der Waals surface area contributed by atoms with Crippen LogP contribution in [0.3, 0.4) is 0 Å². The number of aromatic nitrogens is 1. The van der Waals surface area contributed by atoms with Crippen molar-refractivity contribution < 1.29 is 4.39 Å². The Morgan fingerprint density at radius 3 is 2.75 bits per heavy atom. The van der Waals surface area contributed by atoms with Crippen molar-refractivity contribution in [2.45, 2.75) is 0 Å². The van der Waals surface area contributed by atoms with E-state index in [2.05, 4.69) is 20.9 Å². The molecule has 3 N–H and O–H groups in total. The molecular formula is C11H8BrFN2O. The van der Waals surface area contributed by atoms with Crippen molar-refractivity contribution >= 4 is 21.6 Å². The smallest absolute Gasteiger partial charge is 0.255 e. The molecule has 0 aliphatic heterocycles. The highest BCUT2D eigenvalue weighted by Crippen LogP contribution is 2.25. The lowest BCUT2D eigenvalue weighted by Gasteiger charge is -2.05. The number of hydrogen-bond acceptors (Lipinski definition) is 2. The van der Waals surface area contributed by atoms with Crippen LogP contribution in [0.4, 0.5) is 10.1 Å². The zero-order chi connectivity index (χ0) is 11.7. The lowest BCUT2D eigenvalue weighted by molar-refractivity contribution is 0.628. The number of halogens is 2. The van der Waals surface area contributed by atoms with Gasteiger partial charge in [-0.25, -0.2) is 4.39 Å². The van der Waals surface area contributed by atoms with Gasteiger partial charge in [0.1, 0.15) is 5.82 Å². The molecule has 2 rings (SSSR count). The van der Waals surface area contributed by atoms with Crippen molar-refractivity contribution in [1.82, 2.24) is 4.98 Å². The Balaban J connectivity index is 2.71. The van der Waals surface area contributed by atoms with Crippen LogP contribution in [0, 0.1) is 5.82 Å².